The zero-order valence-electron chi connectivity index (χ0n) is 11.2. The van der Waals surface area contributed by atoms with Crippen molar-refractivity contribution in [3.8, 4) is 0 Å². The molecule has 2 aromatic rings. The molecule has 0 N–H and O–H groups in total. The van der Waals surface area contributed by atoms with E-state index in [1.54, 1.807) is 0 Å². The molecule has 0 saturated carbocycles. The Bertz CT molecular complexity index is 541. The smallest absolute Gasteiger partial charge is 0.0761 e. The number of likely N-dealkylation sites (tertiary alicyclic amines) is 1. The average Bonchev–Trinajstić information content (AvgIpc) is 2.88. The summed E-state index contributed by atoms with van der Waals surface area (Å²) in [5, 5.41) is 0. The molecule has 0 bridgehead atoms. The first kappa shape index (κ1) is 12.2. The van der Waals surface area contributed by atoms with E-state index in [1.807, 2.05) is 37.6 Å². The van der Waals surface area contributed by atoms with Crippen molar-refractivity contribution < 1.29 is 0 Å². The van der Waals surface area contributed by atoms with E-state index in [1.165, 1.54) is 6.42 Å². The van der Waals surface area contributed by atoms with E-state index in [0.29, 0.717) is 6.04 Å². The molecule has 1 atom stereocenters. The molecule has 98 valence electrons. The van der Waals surface area contributed by atoms with E-state index in [4.69, 9.17) is 0 Å². The second kappa shape index (κ2) is 5.45. The van der Waals surface area contributed by atoms with Gasteiger partial charge in [0, 0.05) is 25.1 Å². The minimum atomic E-state index is 0.384. The predicted octanol–water partition coefficient (Wildman–Crippen LogP) is 2.52. The van der Waals surface area contributed by atoms with Crippen LogP contribution < -0.4 is 0 Å². The summed E-state index contributed by atoms with van der Waals surface area (Å²) in [5.41, 5.74) is 3.20. The Morgan fingerprint density at radius 3 is 3.05 bits per heavy atom. The van der Waals surface area contributed by atoms with Gasteiger partial charge in [-0.3, -0.25) is 19.9 Å². The van der Waals surface area contributed by atoms with Gasteiger partial charge in [-0.1, -0.05) is 6.07 Å². The molecule has 3 rings (SSSR count). The molecule has 1 fully saturated rings. The number of aromatic nitrogens is 3. The Hall–Kier alpha value is -1.81. The fraction of sp³-hybridized carbons (Fsp3) is 0.400. The molecule has 1 aliphatic rings. The van der Waals surface area contributed by atoms with Gasteiger partial charge >= 0.3 is 0 Å². The van der Waals surface area contributed by atoms with Gasteiger partial charge in [0.25, 0.3) is 0 Å². The molecular formula is C15H18N4. The maximum atomic E-state index is 4.62. The highest BCUT2D eigenvalue weighted by atomic mass is 15.2. The molecule has 3 heterocycles. The van der Waals surface area contributed by atoms with Gasteiger partial charge in [-0.2, -0.15) is 0 Å². The second-order valence-electron chi connectivity index (χ2n) is 5.03. The van der Waals surface area contributed by atoms with Crippen LogP contribution >= 0.6 is 0 Å². The normalized spacial score (nSPS) is 19.7. The Morgan fingerprint density at radius 1 is 1.32 bits per heavy atom. The average molecular weight is 254 g/mol. The summed E-state index contributed by atoms with van der Waals surface area (Å²) in [4.78, 5) is 15.7. The van der Waals surface area contributed by atoms with Crippen LogP contribution in [0.2, 0.25) is 0 Å². The van der Waals surface area contributed by atoms with Crippen LogP contribution in [0.5, 0.6) is 0 Å². The van der Waals surface area contributed by atoms with E-state index in [-0.39, 0.29) is 0 Å². The Kier molecular flexibility index (Phi) is 3.51. The molecule has 0 aromatic carbocycles. The molecule has 4 heteroatoms. The van der Waals surface area contributed by atoms with Gasteiger partial charge in [-0.15, -0.1) is 0 Å². The van der Waals surface area contributed by atoms with Crippen molar-refractivity contribution in [1.29, 1.82) is 0 Å². The first-order valence-electron chi connectivity index (χ1n) is 6.75. The summed E-state index contributed by atoms with van der Waals surface area (Å²) in [6.07, 6.45) is 7.93. The maximum Gasteiger partial charge on any atom is 0.0761 e. The third-order valence-electron chi connectivity index (χ3n) is 3.57. The Balaban J connectivity index is 1.78. The molecular weight excluding hydrogens is 236 g/mol. The fourth-order valence-electron chi connectivity index (χ4n) is 2.69. The van der Waals surface area contributed by atoms with Crippen molar-refractivity contribution in [3.05, 3.63) is 53.9 Å². The predicted molar refractivity (Wildman–Crippen MR) is 73.4 cm³/mol. The van der Waals surface area contributed by atoms with Crippen LogP contribution in [0, 0.1) is 6.92 Å². The lowest BCUT2D eigenvalue weighted by Gasteiger charge is -2.23. The standard InChI is InChI=1S/C15H18N4/c1-12-9-16-10-14(18-12)15-6-4-8-19(15)11-13-5-2-3-7-17-13/h2-3,5,7,9-10,15H,4,6,8,11H2,1H3. The van der Waals surface area contributed by atoms with E-state index < -0.39 is 0 Å². The lowest BCUT2D eigenvalue weighted by atomic mass is 10.1. The molecule has 0 aliphatic carbocycles. The number of nitrogens with zero attached hydrogens (tertiary/aromatic N) is 4. The third-order valence-corrected chi connectivity index (χ3v) is 3.57. The Morgan fingerprint density at radius 2 is 2.26 bits per heavy atom. The SMILES string of the molecule is Cc1cncc(C2CCCN2Cc2ccccn2)n1. The summed E-state index contributed by atoms with van der Waals surface area (Å²) >= 11 is 0. The van der Waals surface area contributed by atoms with Crippen LogP contribution in [-0.2, 0) is 6.54 Å². The van der Waals surface area contributed by atoms with Gasteiger partial charge in [0.15, 0.2) is 0 Å². The monoisotopic (exact) mass is 254 g/mol. The molecule has 0 spiro atoms. The van der Waals surface area contributed by atoms with Crippen molar-refractivity contribution >= 4 is 0 Å². The number of rotatable bonds is 3. The Labute approximate surface area is 113 Å². The summed E-state index contributed by atoms with van der Waals surface area (Å²) < 4.78 is 0. The number of pyridine rings is 1. The van der Waals surface area contributed by atoms with Crippen molar-refractivity contribution in [2.45, 2.75) is 32.4 Å². The van der Waals surface area contributed by atoms with Gasteiger partial charge in [0.1, 0.15) is 0 Å². The highest BCUT2D eigenvalue weighted by Gasteiger charge is 2.27. The molecule has 1 unspecified atom stereocenters. The van der Waals surface area contributed by atoms with Crippen molar-refractivity contribution in [1.82, 2.24) is 19.9 Å². The van der Waals surface area contributed by atoms with Crippen molar-refractivity contribution in [3.63, 3.8) is 0 Å². The maximum absolute atomic E-state index is 4.62. The van der Waals surface area contributed by atoms with E-state index >= 15 is 0 Å². The topological polar surface area (TPSA) is 41.9 Å². The van der Waals surface area contributed by atoms with Gasteiger partial charge in [-0.05, 0) is 38.4 Å². The fourth-order valence-corrected chi connectivity index (χ4v) is 2.69. The van der Waals surface area contributed by atoms with Crippen LogP contribution in [0.15, 0.2) is 36.8 Å². The third kappa shape index (κ3) is 2.79. The number of aryl methyl sites for hydroxylation is 1. The highest BCUT2D eigenvalue weighted by molar-refractivity contribution is 5.10. The van der Waals surface area contributed by atoms with Gasteiger partial charge < -0.3 is 0 Å². The molecule has 2 aromatic heterocycles. The first-order chi connectivity index (χ1) is 9.33. The minimum Gasteiger partial charge on any atom is -0.289 e. The van der Waals surface area contributed by atoms with Crippen LogP contribution in [0.3, 0.4) is 0 Å². The minimum absolute atomic E-state index is 0.384. The van der Waals surface area contributed by atoms with Crippen LogP contribution in [0.1, 0.15) is 36.0 Å². The highest BCUT2D eigenvalue weighted by Crippen LogP contribution is 2.31. The summed E-state index contributed by atoms with van der Waals surface area (Å²) in [7, 11) is 0. The lowest BCUT2D eigenvalue weighted by molar-refractivity contribution is 0.241. The largest absolute Gasteiger partial charge is 0.289 e. The molecule has 19 heavy (non-hydrogen) atoms. The van der Waals surface area contributed by atoms with Crippen molar-refractivity contribution in [2.75, 3.05) is 6.54 Å². The zero-order valence-corrected chi connectivity index (χ0v) is 11.2. The van der Waals surface area contributed by atoms with Crippen LogP contribution in [-0.4, -0.2) is 26.4 Å². The number of hydrogen-bond donors (Lipinski definition) is 0. The van der Waals surface area contributed by atoms with Crippen LogP contribution in [0.25, 0.3) is 0 Å². The summed E-state index contributed by atoms with van der Waals surface area (Å²) in [5.74, 6) is 0. The van der Waals surface area contributed by atoms with Crippen LogP contribution in [0.4, 0.5) is 0 Å². The molecule has 1 saturated heterocycles. The zero-order chi connectivity index (χ0) is 13.1. The summed E-state index contributed by atoms with van der Waals surface area (Å²) in [6, 6.07) is 6.46. The lowest BCUT2D eigenvalue weighted by Crippen LogP contribution is -2.24. The first-order valence-corrected chi connectivity index (χ1v) is 6.75. The molecule has 4 nitrogen and oxygen atoms in total. The second-order valence-corrected chi connectivity index (χ2v) is 5.03. The molecule has 0 radical (unpaired) electrons. The van der Waals surface area contributed by atoms with Gasteiger partial charge in [0.05, 0.1) is 23.1 Å². The van der Waals surface area contributed by atoms with Gasteiger partial charge in [0.2, 0.25) is 0 Å². The van der Waals surface area contributed by atoms with Crippen molar-refractivity contribution in [2.24, 2.45) is 0 Å². The van der Waals surface area contributed by atoms with E-state index in [9.17, 15) is 0 Å². The van der Waals surface area contributed by atoms with Gasteiger partial charge in [-0.25, -0.2) is 0 Å². The quantitative estimate of drug-likeness (QED) is 0.844. The number of hydrogen-bond acceptors (Lipinski definition) is 4. The summed E-state index contributed by atoms with van der Waals surface area (Å²) in [6.45, 7) is 3.99. The van der Waals surface area contributed by atoms with E-state index in [0.717, 1.165) is 36.6 Å². The van der Waals surface area contributed by atoms with E-state index in [2.05, 4.69) is 25.9 Å². The molecule has 0 amide bonds. The molecule has 1 aliphatic heterocycles.